The Hall–Kier alpha value is -4.29. The van der Waals surface area contributed by atoms with Gasteiger partial charge < -0.3 is 9.97 Å². The number of hydrogen-bond acceptors (Lipinski definition) is 2. The van der Waals surface area contributed by atoms with E-state index >= 15 is 0 Å². The lowest BCUT2D eigenvalue weighted by molar-refractivity contribution is 0.838. The molecule has 8 heteroatoms. The van der Waals surface area contributed by atoms with Crippen LogP contribution in [0.25, 0.3) is 46.4 Å². The summed E-state index contributed by atoms with van der Waals surface area (Å²) in [5, 5.41) is 0. The Balaban J connectivity index is 2.06. The highest BCUT2D eigenvalue weighted by Gasteiger charge is 2.43. The normalized spacial score (nSPS) is 13.1. The lowest BCUT2D eigenvalue weighted by Gasteiger charge is -2.38. The van der Waals surface area contributed by atoms with E-state index in [0.717, 1.165) is 67.1 Å². The van der Waals surface area contributed by atoms with Crippen molar-refractivity contribution in [3.05, 3.63) is 69.3 Å². The third-order valence-electron chi connectivity index (χ3n) is 12.4. The van der Waals surface area contributed by atoms with E-state index in [1.165, 1.54) is 0 Å². The molecule has 4 nitrogen and oxygen atoms in total. The maximum atomic E-state index is 5.39. The smallest absolute Gasteiger partial charge is 0.146 e. The van der Waals surface area contributed by atoms with E-state index in [1.807, 2.05) is 0 Å². The fourth-order valence-corrected chi connectivity index (χ4v) is 20.9. The van der Waals surface area contributed by atoms with Crippen LogP contribution in [0.5, 0.6) is 0 Å². The monoisotopic (exact) mass is 862 g/mol. The number of hydrogen-bond donors (Lipinski definition) is 2. The average molecular weight is 864 g/mol. The number of aromatic amines is 2. The summed E-state index contributed by atoms with van der Waals surface area (Å²) in [5.41, 5.74) is 29.0. The lowest BCUT2D eigenvalue weighted by atomic mass is 10.2. The zero-order chi connectivity index (χ0) is 44.5. The minimum atomic E-state index is -2.08. The first-order valence-electron chi connectivity index (χ1n) is 22.2. The molecule has 5 rings (SSSR count). The van der Waals surface area contributed by atoms with Crippen LogP contribution in [-0.2, 0) is 0 Å². The third kappa shape index (κ3) is 9.75. The molecule has 314 valence electrons. The summed E-state index contributed by atoms with van der Waals surface area (Å²) in [5.74, 6) is 14.9. The summed E-state index contributed by atoms with van der Waals surface area (Å²) in [7, 11) is -7.67. The van der Waals surface area contributed by atoms with E-state index in [4.69, 9.17) is 9.97 Å². The first kappa shape index (κ1) is 46.8. The Morgan fingerprint density at radius 2 is 0.583 bits per heavy atom. The molecule has 0 unspecified atom stereocenters. The second kappa shape index (κ2) is 18.0. The fraction of sp³-hybridized carbons (Fsp3) is 0.462. The van der Waals surface area contributed by atoms with Gasteiger partial charge in [-0.05, 0) is 81.8 Å². The molecule has 0 aromatic carbocycles. The van der Waals surface area contributed by atoms with Gasteiger partial charge in [0.05, 0.1) is 67.1 Å². The summed E-state index contributed by atoms with van der Waals surface area (Å²) in [6, 6.07) is 8.59. The molecule has 3 aromatic rings. The standard InChI is InChI=1S/C52H70N4Si4/c1-35(2)59(36(3)4,37(5)6)33-29-43-49-23-19-45(53-49)41(27-31-57(13,14)15)47-21-25-51(55-47)44(30-34-60(38(7)8,39(9)10)40(11)12)52-26-22-48(56-52)42(28-32-58(16,17)18)46-20-24-50(43)54-46/h19-26,35-40,53,56H,1-18H3. The molecule has 2 aliphatic rings. The molecule has 0 radical (unpaired) electrons. The minimum Gasteiger partial charge on any atom is -0.353 e. The van der Waals surface area contributed by atoms with Gasteiger partial charge in [0, 0.05) is 0 Å². The average Bonchev–Trinajstić information content (AvgIpc) is 3.96. The van der Waals surface area contributed by atoms with Crippen molar-refractivity contribution in [1.82, 2.24) is 19.9 Å². The molecule has 0 saturated carbocycles. The Morgan fingerprint density at radius 1 is 0.367 bits per heavy atom. The van der Waals surface area contributed by atoms with Crippen molar-refractivity contribution in [1.29, 1.82) is 0 Å². The molecule has 2 N–H and O–H groups in total. The zero-order valence-electron chi connectivity index (χ0n) is 40.0. The predicted octanol–water partition coefficient (Wildman–Crippen LogP) is 14.3. The van der Waals surface area contributed by atoms with Crippen LogP contribution in [0, 0.1) is 45.9 Å². The topological polar surface area (TPSA) is 57.4 Å². The van der Waals surface area contributed by atoms with Crippen LogP contribution in [0.1, 0.15) is 128 Å². The molecule has 2 aliphatic heterocycles. The van der Waals surface area contributed by atoms with Crippen molar-refractivity contribution in [3.63, 3.8) is 0 Å². The van der Waals surface area contributed by atoms with Crippen LogP contribution < -0.4 is 0 Å². The molecule has 0 atom stereocenters. The molecule has 3 aromatic heterocycles. The Kier molecular flexibility index (Phi) is 14.0. The molecule has 0 aliphatic carbocycles. The van der Waals surface area contributed by atoms with Gasteiger partial charge in [-0.15, -0.1) is 22.2 Å². The van der Waals surface area contributed by atoms with E-state index < -0.39 is 32.3 Å². The van der Waals surface area contributed by atoms with Crippen molar-refractivity contribution < 1.29 is 0 Å². The molecule has 0 amide bonds. The van der Waals surface area contributed by atoms with Crippen molar-refractivity contribution in [2.75, 3.05) is 0 Å². The van der Waals surface area contributed by atoms with Crippen molar-refractivity contribution in [2.45, 2.75) is 156 Å². The number of aromatic nitrogens is 4. The molecule has 5 heterocycles. The molecular formula is C52H70N4Si4. The quantitative estimate of drug-likeness (QED) is 0.132. The van der Waals surface area contributed by atoms with Crippen molar-refractivity contribution in [2.24, 2.45) is 0 Å². The van der Waals surface area contributed by atoms with Gasteiger partial charge in [-0.2, -0.15) is 0 Å². The van der Waals surface area contributed by atoms with Gasteiger partial charge >= 0.3 is 0 Å². The maximum Gasteiger partial charge on any atom is 0.146 e. The minimum absolute atomic E-state index is 0.499. The highest BCUT2D eigenvalue weighted by molar-refractivity contribution is 6.91. The van der Waals surface area contributed by atoms with Gasteiger partial charge in [-0.3, -0.25) is 0 Å². The van der Waals surface area contributed by atoms with E-state index in [1.54, 1.807) is 0 Å². The molecule has 0 saturated heterocycles. The van der Waals surface area contributed by atoms with Crippen LogP contribution in [0.4, 0.5) is 0 Å². The summed E-state index contributed by atoms with van der Waals surface area (Å²) in [6.45, 7) is 42.1. The number of nitrogens with zero attached hydrogens (tertiary/aromatic N) is 2. The molecule has 0 fully saturated rings. The molecule has 8 bridgehead atoms. The summed E-state index contributed by atoms with van der Waals surface area (Å²) < 4.78 is 0. The third-order valence-corrected chi connectivity index (χ3v) is 26.7. The first-order chi connectivity index (χ1) is 27.9. The predicted molar refractivity (Wildman–Crippen MR) is 275 cm³/mol. The van der Waals surface area contributed by atoms with E-state index in [-0.39, 0.29) is 0 Å². The van der Waals surface area contributed by atoms with E-state index in [9.17, 15) is 0 Å². The van der Waals surface area contributed by atoms with E-state index in [0.29, 0.717) is 33.2 Å². The number of nitrogens with one attached hydrogen (secondary N) is 2. The van der Waals surface area contributed by atoms with Crippen LogP contribution in [0.2, 0.25) is 72.5 Å². The number of fused-ring (bicyclic) bond motifs is 8. The van der Waals surface area contributed by atoms with E-state index in [2.05, 4.69) is 227 Å². The maximum absolute atomic E-state index is 5.39. The lowest BCUT2D eigenvalue weighted by Crippen LogP contribution is -2.43. The van der Waals surface area contributed by atoms with Crippen LogP contribution in [-0.4, -0.2) is 52.2 Å². The van der Waals surface area contributed by atoms with Crippen molar-refractivity contribution >= 4 is 78.7 Å². The van der Waals surface area contributed by atoms with Crippen molar-refractivity contribution in [3.8, 4) is 45.9 Å². The van der Waals surface area contributed by atoms with Gasteiger partial charge in [-0.25, -0.2) is 9.97 Å². The van der Waals surface area contributed by atoms with Crippen LogP contribution in [0.15, 0.2) is 24.3 Å². The highest BCUT2D eigenvalue weighted by atomic mass is 28.3. The SMILES string of the molecule is CC(C)[Si](C#Cc1c2nc(c(C#C[Si](C)(C)C)c3ccc([nH]3)c(C#C[Si](C(C)C)(C(C)C)C(C)C)c3nc(c(C#C[Si](C)(C)C)c4ccc1[nH]4)C=C3)C=C2)(C(C)C)C(C)C. The van der Waals surface area contributed by atoms with Gasteiger partial charge in [0.1, 0.15) is 32.3 Å². The summed E-state index contributed by atoms with van der Waals surface area (Å²) in [6.07, 6.45) is 8.48. The fourth-order valence-electron chi connectivity index (χ4n) is 9.44. The molecular weight excluding hydrogens is 793 g/mol. The van der Waals surface area contributed by atoms with Gasteiger partial charge in [0.2, 0.25) is 0 Å². The van der Waals surface area contributed by atoms with Gasteiger partial charge in [-0.1, -0.05) is 146 Å². The number of rotatable bonds is 6. The number of H-pyrrole nitrogens is 2. The van der Waals surface area contributed by atoms with Gasteiger partial charge in [0.15, 0.2) is 0 Å². The highest BCUT2D eigenvalue weighted by Crippen LogP contribution is 2.42. The largest absolute Gasteiger partial charge is 0.353 e. The van der Waals surface area contributed by atoms with Crippen LogP contribution >= 0.6 is 0 Å². The second-order valence-corrected chi connectivity index (χ2v) is 41.5. The summed E-state index contributed by atoms with van der Waals surface area (Å²) in [4.78, 5) is 18.4. The molecule has 0 spiro atoms. The first-order valence-corrected chi connectivity index (χ1v) is 33.7. The van der Waals surface area contributed by atoms with Gasteiger partial charge in [0.25, 0.3) is 0 Å². The van der Waals surface area contributed by atoms with Crippen LogP contribution in [0.3, 0.4) is 0 Å². The zero-order valence-corrected chi connectivity index (χ0v) is 44.0. The molecule has 60 heavy (non-hydrogen) atoms. The Labute approximate surface area is 367 Å². The second-order valence-electron chi connectivity index (χ2n) is 20.8. The summed E-state index contributed by atoms with van der Waals surface area (Å²) >= 11 is 0. The Bertz CT molecular complexity index is 2390. The Morgan fingerprint density at radius 3 is 0.783 bits per heavy atom.